The van der Waals surface area contributed by atoms with Gasteiger partial charge in [0.05, 0.1) is 21.7 Å². The second-order valence-electron chi connectivity index (χ2n) is 11.9. The molecular weight excluding hydrogens is 744 g/mol. The molecular formula is C40H33FN6O4S3. The van der Waals surface area contributed by atoms with E-state index in [9.17, 15) is 22.4 Å². The Morgan fingerprint density at radius 2 is 1.31 bits per heavy atom. The molecule has 2 heterocycles. The molecule has 0 aliphatic rings. The summed E-state index contributed by atoms with van der Waals surface area (Å²) < 4.78 is 40.9. The Hall–Kier alpha value is -6.22. The largest absolute Gasteiger partial charge is 0.399 e. The molecule has 0 saturated heterocycles. The fourth-order valence-electron chi connectivity index (χ4n) is 5.17. The molecule has 2 aromatic heterocycles. The maximum absolute atomic E-state index is 13.4. The van der Waals surface area contributed by atoms with Gasteiger partial charge in [0.15, 0.2) is 10.3 Å². The van der Waals surface area contributed by atoms with E-state index in [4.69, 9.17) is 5.73 Å². The molecule has 0 bridgehead atoms. The zero-order valence-corrected chi connectivity index (χ0v) is 31.4. The van der Waals surface area contributed by atoms with Crippen molar-refractivity contribution in [3.8, 4) is 0 Å². The third kappa shape index (κ3) is 9.41. The van der Waals surface area contributed by atoms with E-state index in [-0.39, 0.29) is 16.5 Å². The smallest absolute Gasteiger partial charge is 0.261 e. The minimum Gasteiger partial charge on any atom is -0.399 e. The summed E-state index contributed by atoms with van der Waals surface area (Å²) in [5.41, 5.74) is 11.7. The van der Waals surface area contributed by atoms with Crippen LogP contribution >= 0.6 is 22.7 Å². The van der Waals surface area contributed by atoms with Crippen molar-refractivity contribution in [3.63, 3.8) is 0 Å². The normalized spacial score (nSPS) is 10.9. The van der Waals surface area contributed by atoms with E-state index in [0.717, 1.165) is 22.9 Å². The summed E-state index contributed by atoms with van der Waals surface area (Å²) in [4.78, 5) is 34.2. The lowest BCUT2D eigenvalue weighted by Crippen LogP contribution is -2.13. The van der Waals surface area contributed by atoms with Gasteiger partial charge in [0.1, 0.15) is 11.5 Å². The number of carbonyl (C=O) groups is 2. The molecule has 0 saturated carbocycles. The van der Waals surface area contributed by atoms with Crippen molar-refractivity contribution in [2.24, 2.45) is 0 Å². The summed E-state index contributed by atoms with van der Waals surface area (Å²) in [7, 11) is -3.94. The van der Waals surface area contributed by atoms with Crippen molar-refractivity contribution in [2.45, 2.75) is 18.7 Å². The van der Waals surface area contributed by atoms with Gasteiger partial charge in [-0.1, -0.05) is 78.1 Å². The second kappa shape index (κ2) is 16.6. The topological polar surface area (TPSA) is 156 Å². The minimum atomic E-state index is -3.94. The van der Waals surface area contributed by atoms with Gasteiger partial charge in [-0.05, 0) is 79.6 Å². The SMILES string of the molecule is Cc1ccccc1C(=O)c1cnc(Nc2cccc(NS(=O)(=O)c3cccc(F)c3)c2)s1.Cc1ccccc1C(=O)c1csc(Nc2cccc(N)c2)n1. The van der Waals surface area contributed by atoms with Crippen molar-refractivity contribution in [2.75, 3.05) is 21.1 Å². The van der Waals surface area contributed by atoms with Gasteiger partial charge in [-0.2, -0.15) is 0 Å². The number of hydrogen-bond donors (Lipinski definition) is 4. The molecule has 7 aromatic rings. The molecule has 7 rings (SSSR count). The van der Waals surface area contributed by atoms with E-state index in [1.807, 2.05) is 80.6 Å². The number of nitrogens with two attached hydrogens (primary N) is 1. The maximum atomic E-state index is 13.4. The summed E-state index contributed by atoms with van der Waals surface area (Å²) in [6.07, 6.45) is 1.51. The fourth-order valence-corrected chi connectivity index (χ4v) is 7.75. The maximum Gasteiger partial charge on any atom is 0.261 e. The Labute approximate surface area is 319 Å². The summed E-state index contributed by atoms with van der Waals surface area (Å²) in [5.74, 6) is -0.802. The van der Waals surface area contributed by atoms with Crippen LogP contribution in [0.5, 0.6) is 0 Å². The third-order valence-electron chi connectivity index (χ3n) is 7.86. The molecule has 14 heteroatoms. The van der Waals surface area contributed by atoms with Crippen molar-refractivity contribution >= 4 is 77.3 Å². The molecule has 0 radical (unpaired) electrons. The molecule has 0 spiro atoms. The molecule has 0 aliphatic carbocycles. The average Bonchev–Trinajstić information content (AvgIpc) is 3.82. The Balaban J connectivity index is 0.000000197. The van der Waals surface area contributed by atoms with Crippen LogP contribution in [0.1, 0.15) is 42.4 Å². The highest BCUT2D eigenvalue weighted by Gasteiger charge is 2.18. The van der Waals surface area contributed by atoms with Gasteiger partial charge in [-0.25, -0.2) is 22.8 Å². The van der Waals surface area contributed by atoms with Crippen LogP contribution in [-0.4, -0.2) is 30.0 Å². The van der Waals surface area contributed by atoms with E-state index >= 15 is 0 Å². The highest BCUT2D eigenvalue weighted by molar-refractivity contribution is 7.92. The second-order valence-corrected chi connectivity index (χ2v) is 15.4. The first-order chi connectivity index (χ1) is 25.9. The van der Waals surface area contributed by atoms with Crippen LogP contribution < -0.4 is 21.1 Å². The standard InChI is InChI=1S/C23H18FN3O3S2.C17H15N3OS/c1-15-6-2-3-11-20(15)22(28)21-14-25-23(31-21)26-17-8-5-9-18(13-17)27-32(29,30)19-10-4-7-16(24)12-19;1-11-5-2-3-8-14(11)16(21)15-10-22-17(20-15)19-13-7-4-6-12(18)9-13/h2-14,27H,1H3,(H,25,26);2-10H,18H2,1H3,(H,19,20). The molecule has 5 aromatic carbocycles. The van der Waals surface area contributed by atoms with Crippen molar-refractivity contribution < 1.29 is 22.4 Å². The van der Waals surface area contributed by atoms with Crippen LogP contribution in [0, 0.1) is 19.7 Å². The summed E-state index contributed by atoms with van der Waals surface area (Å²) >= 11 is 2.60. The minimum absolute atomic E-state index is 0.0602. The number of hydrogen-bond acceptors (Lipinski definition) is 11. The number of benzene rings is 5. The quantitative estimate of drug-likeness (QED) is 0.0743. The number of anilines is 6. The number of aryl methyl sites for hydroxylation is 2. The van der Waals surface area contributed by atoms with E-state index in [1.165, 1.54) is 47.1 Å². The van der Waals surface area contributed by atoms with Crippen molar-refractivity contribution in [1.29, 1.82) is 0 Å². The molecule has 0 fully saturated rings. The van der Waals surface area contributed by atoms with Gasteiger partial charge in [0, 0.05) is 33.6 Å². The number of halogens is 1. The molecule has 5 N–H and O–H groups in total. The summed E-state index contributed by atoms with van der Waals surface area (Å²) in [6.45, 7) is 3.80. The molecule has 0 amide bonds. The zero-order valence-electron chi connectivity index (χ0n) is 28.9. The van der Waals surface area contributed by atoms with Gasteiger partial charge in [-0.3, -0.25) is 14.3 Å². The highest BCUT2D eigenvalue weighted by Crippen LogP contribution is 2.28. The number of carbonyl (C=O) groups excluding carboxylic acids is 2. The van der Waals surface area contributed by atoms with Crippen LogP contribution in [0.3, 0.4) is 0 Å². The third-order valence-corrected chi connectivity index (χ3v) is 10.9. The van der Waals surface area contributed by atoms with Crippen LogP contribution in [0.2, 0.25) is 0 Å². The molecule has 0 unspecified atom stereocenters. The molecule has 0 aliphatic heterocycles. The highest BCUT2D eigenvalue weighted by atomic mass is 32.2. The first-order valence-corrected chi connectivity index (χ1v) is 19.5. The van der Waals surface area contributed by atoms with Crippen molar-refractivity contribution in [3.05, 3.63) is 172 Å². The molecule has 272 valence electrons. The van der Waals surface area contributed by atoms with Crippen LogP contribution in [0.4, 0.5) is 37.4 Å². The number of thiazole rings is 2. The molecule has 10 nitrogen and oxygen atoms in total. The number of ketones is 2. The Morgan fingerprint density at radius 1 is 0.704 bits per heavy atom. The molecule has 0 atom stereocenters. The molecule has 54 heavy (non-hydrogen) atoms. The van der Waals surface area contributed by atoms with Gasteiger partial charge in [0.25, 0.3) is 10.0 Å². The predicted octanol–water partition coefficient (Wildman–Crippen LogP) is 9.37. The van der Waals surface area contributed by atoms with Gasteiger partial charge in [0.2, 0.25) is 11.6 Å². The Kier molecular flexibility index (Phi) is 11.6. The van der Waals surface area contributed by atoms with E-state index in [2.05, 4.69) is 25.3 Å². The lowest BCUT2D eigenvalue weighted by molar-refractivity contribution is 0.102. The number of aromatic nitrogens is 2. The average molecular weight is 777 g/mol. The van der Waals surface area contributed by atoms with Crippen molar-refractivity contribution in [1.82, 2.24) is 9.97 Å². The Morgan fingerprint density at radius 3 is 2.00 bits per heavy atom. The Bertz CT molecular complexity index is 2570. The van der Waals surface area contributed by atoms with E-state index < -0.39 is 15.8 Å². The van der Waals surface area contributed by atoms with Gasteiger partial charge >= 0.3 is 0 Å². The number of nitrogens with one attached hydrogen (secondary N) is 3. The predicted molar refractivity (Wildman–Crippen MR) is 215 cm³/mol. The fraction of sp³-hybridized carbons (Fsp3) is 0.0500. The van der Waals surface area contributed by atoms with Gasteiger partial charge < -0.3 is 16.4 Å². The van der Waals surface area contributed by atoms with Crippen LogP contribution in [-0.2, 0) is 10.0 Å². The van der Waals surface area contributed by atoms with Gasteiger partial charge in [-0.15, -0.1) is 11.3 Å². The van der Waals surface area contributed by atoms with E-state index in [1.54, 1.807) is 35.7 Å². The summed E-state index contributed by atoms with van der Waals surface area (Å²) in [5, 5.41) is 9.17. The van der Waals surface area contributed by atoms with Crippen LogP contribution in [0.25, 0.3) is 0 Å². The lowest BCUT2D eigenvalue weighted by Gasteiger charge is -2.10. The first kappa shape index (κ1) is 37.5. The van der Waals surface area contributed by atoms with E-state index in [0.29, 0.717) is 49.0 Å². The first-order valence-electron chi connectivity index (χ1n) is 16.4. The summed E-state index contributed by atoms with van der Waals surface area (Å²) in [6, 6.07) is 33.6. The number of sulfonamides is 1. The number of nitrogen functional groups attached to an aromatic ring is 1. The van der Waals surface area contributed by atoms with Crippen LogP contribution in [0.15, 0.2) is 138 Å². The lowest BCUT2D eigenvalue weighted by atomic mass is 10.0. The zero-order chi connectivity index (χ0) is 38.2. The number of nitrogens with zero attached hydrogens (tertiary/aromatic N) is 2. The monoisotopic (exact) mass is 776 g/mol. The number of rotatable bonds is 11.